The Kier molecular flexibility index (Phi) is 2.56. The number of aromatic nitrogens is 2. The van der Waals surface area contributed by atoms with Gasteiger partial charge >= 0.3 is 0 Å². The van der Waals surface area contributed by atoms with Crippen molar-refractivity contribution in [3.8, 4) is 5.69 Å². The molecule has 0 unspecified atom stereocenters. The number of fused-ring (bicyclic) bond motifs is 1. The fraction of sp³-hybridized carbons (Fsp3) is 0.188. The van der Waals surface area contributed by atoms with E-state index in [4.69, 9.17) is 5.73 Å². The SMILES string of the molecule is Cc1cc2ncn(-c3ccc(N)cc3C)c2cc1C. The van der Waals surface area contributed by atoms with Gasteiger partial charge in [0.15, 0.2) is 0 Å². The van der Waals surface area contributed by atoms with E-state index in [-0.39, 0.29) is 0 Å². The zero-order chi connectivity index (χ0) is 13.6. The highest BCUT2D eigenvalue weighted by Crippen LogP contribution is 2.24. The second-order valence-electron chi connectivity index (χ2n) is 5.09. The van der Waals surface area contributed by atoms with Crippen LogP contribution in [0.15, 0.2) is 36.7 Å². The van der Waals surface area contributed by atoms with E-state index in [0.717, 1.165) is 28.0 Å². The van der Waals surface area contributed by atoms with Crippen molar-refractivity contribution in [2.24, 2.45) is 0 Å². The van der Waals surface area contributed by atoms with E-state index in [0.29, 0.717) is 0 Å². The lowest BCUT2D eigenvalue weighted by atomic mass is 10.1. The second-order valence-corrected chi connectivity index (χ2v) is 5.09. The van der Waals surface area contributed by atoms with E-state index < -0.39 is 0 Å². The number of aryl methyl sites for hydroxylation is 3. The highest BCUT2D eigenvalue weighted by Gasteiger charge is 2.08. The number of rotatable bonds is 1. The van der Waals surface area contributed by atoms with Crippen molar-refractivity contribution in [2.45, 2.75) is 20.8 Å². The molecule has 0 aliphatic rings. The van der Waals surface area contributed by atoms with E-state index in [2.05, 4.69) is 42.5 Å². The number of benzene rings is 2. The summed E-state index contributed by atoms with van der Waals surface area (Å²) in [4.78, 5) is 4.49. The van der Waals surface area contributed by atoms with Gasteiger partial charge in [-0.25, -0.2) is 4.98 Å². The van der Waals surface area contributed by atoms with Gasteiger partial charge in [-0.15, -0.1) is 0 Å². The highest BCUT2D eigenvalue weighted by atomic mass is 15.0. The third kappa shape index (κ3) is 1.87. The molecular weight excluding hydrogens is 234 g/mol. The van der Waals surface area contributed by atoms with Gasteiger partial charge in [0.1, 0.15) is 6.33 Å². The number of nitrogens with two attached hydrogens (primary N) is 1. The van der Waals surface area contributed by atoms with Crippen LogP contribution in [0.5, 0.6) is 0 Å². The Labute approximate surface area is 112 Å². The van der Waals surface area contributed by atoms with Crippen molar-refractivity contribution in [1.82, 2.24) is 9.55 Å². The van der Waals surface area contributed by atoms with Gasteiger partial charge in [-0.2, -0.15) is 0 Å². The van der Waals surface area contributed by atoms with Crippen LogP contribution in [0.25, 0.3) is 16.7 Å². The number of hydrogen-bond donors (Lipinski definition) is 1. The zero-order valence-electron chi connectivity index (χ0n) is 11.4. The molecule has 1 heterocycles. The molecule has 1 aromatic heterocycles. The molecule has 96 valence electrons. The summed E-state index contributed by atoms with van der Waals surface area (Å²) in [6, 6.07) is 10.3. The van der Waals surface area contributed by atoms with Crippen LogP contribution in [0, 0.1) is 20.8 Å². The Morgan fingerprint density at radius 3 is 2.42 bits per heavy atom. The van der Waals surface area contributed by atoms with Gasteiger partial charge in [0.25, 0.3) is 0 Å². The molecular formula is C16H17N3. The van der Waals surface area contributed by atoms with Gasteiger partial charge in [-0.1, -0.05) is 0 Å². The predicted octanol–water partition coefficient (Wildman–Crippen LogP) is 3.53. The molecule has 0 atom stereocenters. The van der Waals surface area contributed by atoms with Crippen LogP contribution >= 0.6 is 0 Å². The van der Waals surface area contributed by atoms with Gasteiger partial charge < -0.3 is 5.73 Å². The van der Waals surface area contributed by atoms with Gasteiger partial charge in [-0.05, 0) is 67.8 Å². The first-order valence-electron chi connectivity index (χ1n) is 6.37. The first kappa shape index (κ1) is 11.8. The number of nitrogen functional groups attached to an aromatic ring is 1. The number of imidazole rings is 1. The van der Waals surface area contributed by atoms with Crippen molar-refractivity contribution in [3.05, 3.63) is 53.3 Å². The third-order valence-corrected chi connectivity index (χ3v) is 3.64. The molecule has 2 aromatic carbocycles. The van der Waals surface area contributed by atoms with Crippen LogP contribution in [0.1, 0.15) is 16.7 Å². The highest BCUT2D eigenvalue weighted by molar-refractivity contribution is 5.79. The first-order chi connectivity index (χ1) is 9.06. The minimum atomic E-state index is 0.790. The van der Waals surface area contributed by atoms with Crippen LogP contribution in [-0.2, 0) is 0 Å². The zero-order valence-corrected chi connectivity index (χ0v) is 11.4. The van der Waals surface area contributed by atoms with Crippen LogP contribution in [0.2, 0.25) is 0 Å². The molecule has 0 saturated carbocycles. The summed E-state index contributed by atoms with van der Waals surface area (Å²) < 4.78 is 2.12. The van der Waals surface area contributed by atoms with Gasteiger partial charge in [0, 0.05) is 5.69 Å². The van der Waals surface area contributed by atoms with E-state index in [9.17, 15) is 0 Å². The molecule has 0 aliphatic heterocycles. The maximum atomic E-state index is 5.81. The first-order valence-corrected chi connectivity index (χ1v) is 6.37. The monoisotopic (exact) mass is 251 g/mol. The molecule has 3 rings (SSSR count). The average molecular weight is 251 g/mol. The van der Waals surface area contributed by atoms with Crippen molar-refractivity contribution in [3.63, 3.8) is 0 Å². The van der Waals surface area contributed by atoms with Gasteiger partial charge in [0.2, 0.25) is 0 Å². The molecule has 0 bridgehead atoms. The van der Waals surface area contributed by atoms with Gasteiger partial charge in [-0.3, -0.25) is 4.57 Å². The smallest absolute Gasteiger partial charge is 0.100 e. The fourth-order valence-corrected chi connectivity index (χ4v) is 2.41. The van der Waals surface area contributed by atoms with Crippen LogP contribution in [0.3, 0.4) is 0 Å². The largest absolute Gasteiger partial charge is 0.399 e. The Bertz CT molecular complexity index is 769. The van der Waals surface area contributed by atoms with Gasteiger partial charge in [0.05, 0.1) is 16.7 Å². The lowest BCUT2D eigenvalue weighted by Crippen LogP contribution is -1.97. The molecule has 3 aromatic rings. The minimum absolute atomic E-state index is 0.790. The summed E-state index contributed by atoms with van der Waals surface area (Å²) >= 11 is 0. The lowest BCUT2D eigenvalue weighted by molar-refractivity contribution is 1.07. The summed E-state index contributed by atoms with van der Waals surface area (Å²) in [6.45, 7) is 6.31. The second kappa shape index (κ2) is 4.12. The molecule has 2 N–H and O–H groups in total. The minimum Gasteiger partial charge on any atom is -0.399 e. The third-order valence-electron chi connectivity index (χ3n) is 3.64. The van der Waals surface area contributed by atoms with Crippen molar-refractivity contribution < 1.29 is 0 Å². The molecule has 0 saturated heterocycles. The summed E-state index contributed by atoms with van der Waals surface area (Å²) in [7, 11) is 0. The van der Waals surface area contributed by atoms with Crippen molar-refractivity contribution in [2.75, 3.05) is 5.73 Å². The van der Waals surface area contributed by atoms with Crippen LogP contribution < -0.4 is 5.73 Å². The number of nitrogens with zero attached hydrogens (tertiary/aromatic N) is 2. The number of anilines is 1. The quantitative estimate of drug-likeness (QED) is 0.672. The normalized spacial score (nSPS) is 11.1. The lowest BCUT2D eigenvalue weighted by Gasteiger charge is -2.09. The molecule has 3 heteroatoms. The Hall–Kier alpha value is -2.29. The Morgan fingerprint density at radius 2 is 1.68 bits per heavy atom. The van der Waals surface area contributed by atoms with E-state index >= 15 is 0 Å². The standard InChI is InChI=1S/C16H17N3/c1-10-7-14-16(8-11(10)2)19(9-18-14)15-5-4-13(17)6-12(15)3/h4-9H,17H2,1-3H3. The molecule has 0 spiro atoms. The molecule has 19 heavy (non-hydrogen) atoms. The van der Waals surface area contributed by atoms with E-state index in [1.807, 2.05) is 24.5 Å². The fourth-order valence-electron chi connectivity index (χ4n) is 2.41. The molecule has 3 nitrogen and oxygen atoms in total. The van der Waals surface area contributed by atoms with Crippen LogP contribution in [-0.4, -0.2) is 9.55 Å². The topological polar surface area (TPSA) is 43.8 Å². The molecule has 0 fully saturated rings. The molecule has 0 radical (unpaired) electrons. The average Bonchev–Trinajstić information content (AvgIpc) is 2.73. The number of hydrogen-bond acceptors (Lipinski definition) is 2. The Morgan fingerprint density at radius 1 is 0.947 bits per heavy atom. The molecule has 0 aliphatic carbocycles. The van der Waals surface area contributed by atoms with E-state index in [1.165, 1.54) is 11.1 Å². The summed E-state index contributed by atoms with van der Waals surface area (Å²) in [5, 5.41) is 0. The predicted molar refractivity (Wildman–Crippen MR) is 79.7 cm³/mol. The summed E-state index contributed by atoms with van der Waals surface area (Å²) in [6.07, 6.45) is 1.88. The van der Waals surface area contributed by atoms with E-state index in [1.54, 1.807) is 0 Å². The summed E-state index contributed by atoms with van der Waals surface area (Å²) in [5.41, 5.74) is 13.6. The van der Waals surface area contributed by atoms with Crippen molar-refractivity contribution >= 4 is 16.7 Å². The maximum absolute atomic E-state index is 5.81. The summed E-state index contributed by atoms with van der Waals surface area (Å²) in [5.74, 6) is 0. The maximum Gasteiger partial charge on any atom is 0.100 e. The van der Waals surface area contributed by atoms with Crippen LogP contribution in [0.4, 0.5) is 5.69 Å². The Balaban J connectivity index is 2.28. The molecule has 0 amide bonds. The van der Waals surface area contributed by atoms with Crippen molar-refractivity contribution in [1.29, 1.82) is 0 Å².